The molecule has 0 bridgehead atoms. The van der Waals surface area contributed by atoms with Gasteiger partial charge >= 0.3 is 0 Å². The summed E-state index contributed by atoms with van der Waals surface area (Å²) in [6.07, 6.45) is 1.14. The van der Waals surface area contributed by atoms with Crippen LogP contribution in [0, 0.1) is 5.92 Å². The van der Waals surface area contributed by atoms with Crippen molar-refractivity contribution in [2.45, 2.75) is 30.9 Å². The number of rotatable bonds is 10. The van der Waals surface area contributed by atoms with E-state index in [1.807, 2.05) is 0 Å². The van der Waals surface area contributed by atoms with Crippen molar-refractivity contribution in [1.82, 2.24) is 4.72 Å². The highest BCUT2D eigenvalue weighted by Gasteiger charge is 2.15. The van der Waals surface area contributed by atoms with E-state index in [2.05, 4.69) is 18.6 Å². The lowest BCUT2D eigenvalue weighted by Gasteiger charge is -2.07. The highest BCUT2D eigenvalue weighted by atomic mass is 32.2. The summed E-state index contributed by atoms with van der Waals surface area (Å²) < 4.78 is 32.2. The molecule has 0 aliphatic heterocycles. The van der Waals surface area contributed by atoms with Gasteiger partial charge in [0.1, 0.15) is 4.21 Å². The molecular formula is C13H23NO4S2. The summed E-state index contributed by atoms with van der Waals surface area (Å²) in [7, 11) is -3.43. The van der Waals surface area contributed by atoms with E-state index in [9.17, 15) is 8.42 Å². The first-order chi connectivity index (χ1) is 9.45. The smallest absolute Gasteiger partial charge is 0.250 e. The minimum absolute atomic E-state index is 0.0284. The number of nitrogens with one attached hydrogen (secondary N) is 1. The van der Waals surface area contributed by atoms with Crippen LogP contribution in [0.1, 0.15) is 25.1 Å². The van der Waals surface area contributed by atoms with Crippen molar-refractivity contribution in [2.75, 3.05) is 26.4 Å². The Morgan fingerprint density at radius 2 is 2.15 bits per heavy atom. The summed E-state index contributed by atoms with van der Waals surface area (Å²) in [5.74, 6) is 0.489. The third kappa shape index (κ3) is 6.32. The van der Waals surface area contributed by atoms with Gasteiger partial charge in [0.05, 0.1) is 0 Å². The summed E-state index contributed by atoms with van der Waals surface area (Å²) in [6, 6.07) is 3.31. The lowest BCUT2D eigenvalue weighted by Crippen LogP contribution is -2.25. The van der Waals surface area contributed by atoms with Crippen molar-refractivity contribution in [3.05, 3.63) is 17.0 Å². The molecular weight excluding hydrogens is 298 g/mol. The summed E-state index contributed by atoms with van der Waals surface area (Å²) in [5.41, 5.74) is 0. The lowest BCUT2D eigenvalue weighted by molar-refractivity contribution is 0.108. The zero-order valence-corrected chi connectivity index (χ0v) is 13.6. The minimum atomic E-state index is -3.43. The number of hydrogen-bond donors (Lipinski definition) is 2. The Balaban J connectivity index is 2.33. The predicted molar refractivity (Wildman–Crippen MR) is 80.6 cm³/mol. The monoisotopic (exact) mass is 321 g/mol. The maximum atomic E-state index is 12.0. The van der Waals surface area contributed by atoms with Gasteiger partial charge in [-0.3, -0.25) is 0 Å². The molecule has 7 heteroatoms. The van der Waals surface area contributed by atoms with E-state index < -0.39 is 10.0 Å². The van der Waals surface area contributed by atoms with Crippen LogP contribution in [0.3, 0.4) is 0 Å². The Morgan fingerprint density at radius 1 is 1.40 bits per heavy atom. The molecule has 0 spiro atoms. The van der Waals surface area contributed by atoms with Crippen molar-refractivity contribution in [3.63, 3.8) is 0 Å². The fourth-order valence-corrected chi connectivity index (χ4v) is 3.98. The molecule has 1 rings (SSSR count). The van der Waals surface area contributed by atoms with Gasteiger partial charge in [0, 0.05) is 37.7 Å². The van der Waals surface area contributed by atoms with Gasteiger partial charge in [-0.05, 0) is 24.5 Å². The molecule has 1 aromatic rings. The van der Waals surface area contributed by atoms with Gasteiger partial charge in [-0.2, -0.15) is 0 Å². The number of ether oxygens (including phenoxy) is 1. The second kappa shape index (κ2) is 8.74. The van der Waals surface area contributed by atoms with Crippen molar-refractivity contribution in [3.8, 4) is 0 Å². The third-order valence-electron chi connectivity index (χ3n) is 2.47. The second-order valence-corrected chi connectivity index (χ2v) is 8.08. The molecule has 0 fully saturated rings. The van der Waals surface area contributed by atoms with Crippen molar-refractivity contribution in [1.29, 1.82) is 0 Å². The van der Waals surface area contributed by atoms with Crippen LogP contribution in [0.4, 0.5) is 0 Å². The van der Waals surface area contributed by atoms with Gasteiger partial charge < -0.3 is 9.84 Å². The van der Waals surface area contributed by atoms with E-state index in [-0.39, 0.29) is 6.61 Å². The first kappa shape index (κ1) is 17.6. The highest BCUT2D eigenvalue weighted by molar-refractivity contribution is 7.91. The van der Waals surface area contributed by atoms with Crippen LogP contribution in [0.25, 0.3) is 0 Å². The molecule has 1 aromatic heterocycles. The highest BCUT2D eigenvalue weighted by Crippen LogP contribution is 2.21. The first-order valence-corrected chi connectivity index (χ1v) is 9.02. The minimum Gasteiger partial charge on any atom is -0.396 e. The quantitative estimate of drug-likeness (QED) is 0.642. The van der Waals surface area contributed by atoms with E-state index in [1.54, 1.807) is 12.1 Å². The third-order valence-corrected chi connectivity index (χ3v) is 5.57. The maximum absolute atomic E-state index is 12.0. The number of hydrogen-bond acceptors (Lipinski definition) is 5. The molecule has 0 aliphatic carbocycles. The Morgan fingerprint density at radius 3 is 2.80 bits per heavy atom. The fourth-order valence-electron chi connectivity index (χ4n) is 1.52. The Labute approximate surface area is 125 Å². The normalized spacial score (nSPS) is 12.2. The van der Waals surface area contributed by atoms with Crippen LogP contribution in [0.5, 0.6) is 0 Å². The molecule has 0 aromatic carbocycles. The average Bonchev–Trinajstić information content (AvgIpc) is 2.83. The predicted octanol–water partition coefficient (Wildman–Crippen LogP) is 1.62. The van der Waals surface area contributed by atoms with Crippen LogP contribution in [-0.2, 0) is 21.2 Å². The van der Waals surface area contributed by atoms with E-state index >= 15 is 0 Å². The molecule has 0 unspecified atom stereocenters. The van der Waals surface area contributed by atoms with Gasteiger partial charge in [0.15, 0.2) is 0 Å². The van der Waals surface area contributed by atoms with Gasteiger partial charge in [-0.25, -0.2) is 13.1 Å². The zero-order chi connectivity index (χ0) is 15.0. The van der Waals surface area contributed by atoms with Gasteiger partial charge in [-0.1, -0.05) is 13.8 Å². The number of aliphatic hydroxyl groups excluding tert-OH is 1. The van der Waals surface area contributed by atoms with Gasteiger partial charge in [0.2, 0.25) is 10.0 Å². The van der Waals surface area contributed by atoms with E-state index in [1.165, 1.54) is 11.3 Å². The largest absolute Gasteiger partial charge is 0.396 e. The molecule has 0 saturated heterocycles. The van der Waals surface area contributed by atoms with Crippen molar-refractivity contribution in [2.24, 2.45) is 5.92 Å². The summed E-state index contributed by atoms with van der Waals surface area (Å²) in [6.45, 7) is 5.80. The van der Waals surface area contributed by atoms with Crippen LogP contribution in [0.15, 0.2) is 16.3 Å². The van der Waals surface area contributed by atoms with Crippen LogP contribution in [0.2, 0.25) is 0 Å². The topological polar surface area (TPSA) is 75.6 Å². The zero-order valence-electron chi connectivity index (χ0n) is 12.0. The number of aliphatic hydroxyl groups is 1. The molecule has 0 radical (unpaired) electrons. The van der Waals surface area contributed by atoms with Gasteiger partial charge in [0.25, 0.3) is 0 Å². The molecule has 20 heavy (non-hydrogen) atoms. The van der Waals surface area contributed by atoms with Crippen LogP contribution in [-0.4, -0.2) is 39.9 Å². The molecule has 1 heterocycles. The molecule has 0 aliphatic rings. The second-order valence-electron chi connectivity index (χ2n) is 4.91. The maximum Gasteiger partial charge on any atom is 0.250 e. The van der Waals surface area contributed by atoms with Gasteiger partial charge in [-0.15, -0.1) is 11.3 Å². The molecule has 5 nitrogen and oxygen atoms in total. The molecule has 0 saturated carbocycles. The number of thiophene rings is 1. The van der Waals surface area contributed by atoms with Crippen LogP contribution < -0.4 is 4.72 Å². The standard InChI is InChI=1S/C13H23NO4S2/c1-11(2)10-18-9-3-7-14-20(16,17)13-5-4-12(19-13)6-8-15/h4-5,11,14-15H,3,6-10H2,1-2H3. The lowest BCUT2D eigenvalue weighted by atomic mass is 10.2. The fraction of sp³-hybridized carbons (Fsp3) is 0.692. The first-order valence-electron chi connectivity index (χ1n) is 6.72. The van der Waals surface area contributed by atoms with Crippen molar-refractivity contribution >= 4 is 21.4 Å². The Kier molecular flexibility index (Phi) is 7.68. The molecule has 2 N–H and O–H groups in total. The van der Waals surface area contributed by atoms with E-state index in [4.69, 9.17) is 9.84 Å². The molecule has 0 amide bonds. The Bertz CT molecular complexity index is 482. The summed E-state index contributed by atoms with van der Waals surface area (Å²) in [5, 5.41) is 8.82. The average molecular weight is 321 g/mol. The van der Waals surface area contributed by atoms with Crippen LogP contribution >= 0.6 is 11.3 Å². The van der Waals surface area contributed by atoms with E-state index in [0.29, 0.717) is 42.7 Å². The molecule has 116 valence electrons. The van der Waals surface area contributed by atoms with Crippen molar-refractivity contribution < 1.29 is 18.3 Å². The SMILES string of the molecule is CC(C)COCCCNS(=O)(=O)c1ccc(CCO)s1. The molecule has 0 atom stereocenters. The summed E-state index contributed by atoms with van der Waals surface area (Å²) in [4.78, 5) is 0.869. The Hall–Kier alpha value is -0.470. The summed E-state index contributed by atoms with van der Waals surface area (Å²) >= 11 is 1.19. The van der Waals surface area contributed by atoms with E-state index in [0.717, 1.165) is 4.88 Å². The number of sulfonamides is 1.